The van der Waals surface area contributed by atoms with Crippen molar-refractivity contribution in [1.82, 2.24) is 4.90 Å². The largest absolute Gasteiger partial charge is 0.396 e. The number of amides is 1. The average Bonchev–Trinajstić information content (AvgIpc) is 2.65. The van der Waals surface area contributed by atoms with Gasteiger partial charge >= 0.3 is 0 Å². The second-order valence-electron chi connectivity index (χ2n) is 4.76. The Labute approximate surface area is 93.9 Å². The molecule has 0 aromatic heterocycles. The molecule has 2 aliphatic rings. The summed E-state index contributed by atoms with van der Waals surface area (Å²) >= 11 is 0. The molecule has 1 atom stereocenters. The fourth-order valence-electron chi connectivity index (χ4n) is 2.86. The Kier molecular flexibility index (Phi) is 3.03. The lowest BCUT2D eigenvalue weighted by Crippen LogP contribution is -2.39. The van der Waals surface area contributed by atoms with E-state index >= 15 is 0 Å². The van der Waals surface area contributed by atoms with E-state index in [1.54, 1.807) is 4.90 Å². The molecule has 1 saturated heterocycles. The standard InChI is InChI=1S/C10H16N4O2/c11-13-12-4-9(16)14-5-8(6-15)10(7-14)2-1-3-10/h8,15H,1-7H2/t8-/m1/s1. The number of hydrogen-bond donors (Lipinski definition) is 1. The molecule has 6 heteroatoms. The summed E-state index contributed by atoms with van der Waals surface area (Å²) in [5.74, 6) is 0.0799. The molecule has 6 nitrogen and oxygen atoms in total. The number of azide groups is 1. The van der Waals surface area contributed by atoms with Gasteiger partial charge in [-0.15, -0.1) is 0 Å². The molecule has 0 bridgehead atoms. The molecule has 1 aliphatic heterocycles. The van der Waals surface area contributed by atoms with E-state index in [1.807, 2.05) is 0 Å². The van der Waals surface area contributed by atoms with E-state index in [4.69, 9.17) is 5.53 Å². The van der Waals surface area contributed by atoms with Gasteiger partial charge in [0, 0.05) is 30.5 Å². The Morgan fingerprint density at radius 2 is 2.38 bits per heavy atom. The van der Waals surface area contributed by atoms with Crippen LogP contribution in [0.25, 0.3) is 10.4 Å². The van der Waals surface area contributed by atoms with Crippen LogP contribution in [0.5, 0.6) is 0 Å². The van der Waals surface area contributed by atoms with Crippen molar-refractivity contribution in [3.63, 3.8) is 0 Å². The minimum atomic E-state index is -0.125. The zero-order chi connectivity index (χ0) is 11.6. The average molecular weight is 224 g/mol. The summed E-state index contributed by atoms with van der Waals surface area (Å²) in [5.41, 5.74) is 8.32. The fraction of sp³-hybridized carbons (Fsp3) is 0.900. The summed E-state index contributed by atoms with van der Waals surface area (Å²) in [6, 6.07) is 0. The Morgan fingerprint density at radius 3 is 2.81 bits per heavy atom. The monoisotopic (exact) mass is 224 g/mol. The van der Waals surface area contributed by atoms with E-state index in [2.05, 4.69) is 10.0 Å². The van der Waals surface area contributed by atoms with Crippen LogP contribution < -0.4 is 0 Å². The number of aliphatic hydroxyl groups is 1. The topological polar surface area (TPSA) is 89.3 Å². The van der Waals surface area contributed by atoms with Crippen LogP contribution in [-0.2, 0) is 4.79 Å². The number of aliphatic hydroxyl groups excluding tert-OH is 1. The first-order chi connectivity index (χ1) is 7.72. The summed E-state index contributed by atoms with van der Waals surface area (Å²) in [6.45, 7) is 1.37. The molecule has 2 fully saturated rings. The lowest BCUT2D eigenvalue weighted by molar-refractivity contribution is -0.129. The Balaban J connectivity index is 1.99. The molecule has 2 rings (SSSR count). The van der Waals surface area contributed by atoms with E-state index in [9.17, 15) is 9.90 Å². The van der Waals surface area contributed by atoms with Crippen molar-refractivity contribution in [2.24, 2.45) is 16.4 Å². The highest BCUT2D eigenvalue weighted by Gasteiger charge is 2.50. The van der Waals surface area contributed by atoms with Gasteiger partial charge in [0.2, 0.25) is 5.91 Å². The van der Waals surface area contributed by atoms with Gasteiger partial charge in [-0.1, -0.05) is 11.5 Å². The van der Waals surface area contributed by atoms with Crippen molar-refractivity contribution < 1.29 is 9.90 Å². The zero-order valence-electron chi connectivity index (χ0n) is 9.17. The van der Waals surface area contributed by atoms with E-state index in [1.165, 1.54) is 6.42 Å². The molecule has 88 valence electrons. The second-order valence-corrected chi connectivity index (χ2v) is 4.76. The van der Waals surface area contributed by atoms with Gasteiger partial charge in [0.25, 0.3) is 0 Å². The first-order valence-electron chi connectivity index (χ1n) is 5.61. The number of nitrogens with zero attached hydrogens (tertiary/aromatic N) is 4. The second kappa shape index (κ2) is 4.31. The lowest BCUT2D eigenvalue weighted by atomic mass is 9.63. The molecular weight excluding hydrogens is 208 g/mol. The fourth-order valence-corrected chi connectivity index (χ4v) is 2.86. The van der Waals surface area contributed by atoms with Crippen LogP contribution in [0, 0.1) is 11.3 Å². The molecule has 1 spiro atoms. The SMILES string of the molecule is [N-]=[N+]=NCC(=O)N1C[C@H](CO)C2(CCC2)C1. The number of carbonyl (C=O) groups is 1. The number of likely N-dealkylation sites (tertiary alicyclic amines) is 1. The highest BCUT2D eigenvalue weighted by molar-refractivity contribution is 5.78. The van der Waals surface area contributed by atoms with E-state index in [-0.39, 0.29) is 30.4 Å². The van der Waals surface area contributed by atoms with Crippen molar-refractivity contribution in [3.8, 4) is 0 Å². The maximum Gasteiger partial charge on any atom is 0.228 e. The maximum absolute atomic E-state index is 11.7. The third-order valence-electron chi connectivity index (χ3n) is 4.00. The van der Waals surface area contributed by atoms with Crippen molar-refractivity contribution in [1.29, 1.82) is 0 Å². The number of carbonyl (C=O) groups excluding carboxylic acids is 1. The lowest BCUT2D eigenvalue weighted by Gasteiger charge is -2.42. The summed E-state index contributed by atoms with van der Waals surface area (Å²) < 4.78 is 0. The minimum absolute atomic E-state index is 0.106. The van der Waals surface area contributed by atoms with Crippen LogP contribution in [0.2, 0.25) is 0 Å². The molecule has 1 heterocycles. The van der Waals surface area contributed by atoms with Crippen LogP contribution in [-0.4, -0.2) is 42.2 Å². The summed E-state index contributed by atoms with van der Waals surface area (Å²) in [7, 11) is 0. The van der Waals surface area contributed by atoms with Crippen molar-refractivity contribution in [3.05, 3.63) is 10.4 Å². The van der Waals surface area contributed by atoms with Gasteiger partial charge in [0.1, 0.15) is 6.54 Å². The van der Waals surface area contributed by atoms with E-state index in [0.717, 1.165) is 19.4 Å². The van der Waals surface area contributed by atoms with Gasteiger partial charge in [-0.05, 0) is 23.8 Å². The van der Waals surface area contributed by atoms with Crippen LogP contribution in [0.3, 0.4) is 0 Å². The molecule has 1 N–H and O–H groups in total. The number of rotatable bonds is 3. The molecule has 0 unspecified atom stereocenters. The third-order valence-corrected chi connectivity index (χ3v) is 4.00. The Morgan fingerprint density at radius 1 is 1.62 bits per heavy atom. The summed E-state index contributed by atoms with van der Waals surface area (Å²) in [5, 5.41) is 12.6. The number of hydrogen-bond acceptors (Lipinski definition) is 3. The van der Waals surface area contributed by atoms with E-state index in [0.29, 0.717) is 6.54 Å². The zero-order valence-corrected chi connectivity index (χ0v) is 9.17. The molecule has 0 aromatic rings. The summed E-state index contributed by atoms with van der Waals surface area (Å²) in [4.78, 5) is 16.0. The van der Waals surface area contributed by atoms with Crippen molar-refractivity contribution in [2.45, 2.75) is 19.3 Å². The van der Waals surface area contributed by atoms with Crippen molar-refractivity contribution in [2.75, 3.05) is 26.2 Å². The molecule has 0 aromatic carbocycles. The van der Waals surface area contributed by atoms with E-state index < -0.39 is 0 Å². The van der Waals surface area contributed by atoms with Gasteiger partial charge in [-0.25, -0.2) is 0 Å². The van der Waals surface area contributed by atoms with Crippen LogP contribution >= 0.6 is 0 Å². The highest BCUT2D eigenvalue weighted by atomic mass is 16.3. The van der Waals surface area contributed by atoms with Crippen LogP contribution in [0.1, 0.15) is 19.3 Å². The molecule has 1 aliphatic carbocycles. The van der Waals surface area contributed by atoms with Gasteiger partial charge < -0.3 is 10.0 Å². The quantitative estimate of drug-likeness (QED) is 0.438. The predicted octanol–water partition coefficient (Wildman–Crippen LogP) is 0.918. The predicted molar refractivity (Wildman–Crippen MR) is 57.5 cm³/mol. The Hall–Kier alpha value is -1.26. The smallest absolute Gasteiger partial charge is 0.228 e. The molecule has 16 heavy (non-hydrogen) atoms. The molecule has 0 radical (unpaired) electrons. The highest BCUT2D eigenvalue weighted by Crippen LogP contribution is 2.51. The van der Waals surface area contributed by atoms with Gasteiger partial charge in [0.05, 0.1) is 0 Å². The van der Waals surface area contributed by atoms with Crippen LogP contribution in [0.4, 0.5) is 0 Å². The van der Waals surface area contributed by atoms with Gasteiger partial charge in [-0.2, -0.15) is 0 Å². The maximum atomic E-state index is 11.7. The van der Waals surface area contributed by atoms with Gasteiger partial charge in [0.15, 0.2) is 0 Å². The minimum Gasteiger partial charge on any atom is -0.396 e. The first kappa shape index (κ1) is 11.2. The molecular formula is C10H16N4O2. The van der Waals surface area contributed by atoms with Crippen molar-refractivity contribution >= 4 is 5.91 Å². The summed E-state index contributed by atoms with van der Waals surface area (Å²) in [6.07, 6.45) is 3.39. The van der Waals surface area contributed by atoms with Gasteiger partial charge in [-0.3, -0.25) is 4.79 Å². The molecule has 1 saturated carbocycles. The third kappa shape index (κ3) is 1.74. The Bertz CT molecular complexity index is 334. The molecule has 1 amide bonds. The normalized spacial score (nSPS) is 26.3. The first-order valence-corrected chi connectivity index (χ1v) is 5.61. The van der Waals surface area contributed by atoms with Crippen LogP contribution in [0.15, 0.2) is 5.11 Å².